The average Bonchev–Trinajstić information content (AvgIpc) is 3.01. The van der Waals surface area contributed by atoms with Crippen molar-refractivity contribution < 1.29 is 8.42 Å². The molecule has 4 rings (SSSR count). The first-order chi connectivity index (χ1) is 13.4. The summed E-state index contributed by atoms with van der Waals surface area (Å²) in [5.41, 5.74) is 2.68. The summed E-state index contributed by atoms with van der Waals surface area (Å²) < 4.78 is 30.7. The molecule has 0 aliphatic heterocycles. The van der Waals surface area contributed by atoms with E-state index >= 15 is 0 Å². The zero-order valence-electron chi connectivity index (χ0n) is 15.0. The lowest BCUT2D eigenvalue weighted by atomic mass is 10.1. The fourth-order valence-electron chi connectivity index (χ4n) is 2.90. The van der Waals surface area contributed by atoms with E-state index in [0.717, 1.165) is 10.9 Å². The van der Waals surface area contributed by atoms with Gasteiger partial charge in [0.2, 0.25) is 0 Å². The smallest absolute Gasteiger partial charge is 0.265 e. The van der Waals surface area contributed by atoms with Gasteiger partial charge in [-0.15, -0.1) is 0 Å². The first-order valence-corrected chi connectivity index (χ1v) is 10.8. The van der Waals surface area contributed by atoms with E-state index in [0.29, 0.717) is 16.5 Å². The van der Waals surface area contributed by atoms with Crippen molar-refractivity contribution in [3.05, 3.63) is 82.6 Å². The molecule has 2 aromatic carbocycles. The molecule has 4 aromatic rings. The van der Waals surface area contributed by atoms with Crippen LogP contribution >= 0.6 is 15.9 Å². The molecule has 0 bridgehead atoms. The SMILES string of the molecule is Cc1ccc(Cn2cc(Br)c(NS(=O)(=O)c3cccc4cccnc34)n2)cc1. The summed E-state index contributed by atoms with van der Waals surface area (Å²) in [6.07, 6.45) is 3.33. The molecule has 2 aromatic heterocycles. The molecule has 0 aliphatic carbocycles. The molecule has 2 heterocycles. The molecule has 142 valence electrons. The Morgan fingerprint density at radius 3 is 2.61 bits per heavy atom. The molecule has 0 spiro atoms. The monoisotopic (exact) mass is 456 g/mol. The second-order valence-electron chi connectivity index (χ2n) is 6.45. The fraction of sp³-hybridized carbons (Fsp3) is 0.100. The minimum absolute atomic E-state index is 0.116. The highest BCUT2D eigenvalue weighted by molar-refractivity contribution is 9.10. The Bertz CT molecular complexity index is 1250. The van der Waals surface area contributed by atoms with Crippen molar-refractivity contribution in [2.45, 2.75) is 18.4 Å². The Balaban J connectivity index is 1.63. The Morgan fingerprint density at radius 1 is 1.07 bits per heavy atom. The van der Waals surface area contributed by atoms with E-state index in [1.807, 2.05) is 43.3 Å². The van der Waals surface area contributed by atoms with Crippen LogP contribution < -0.4 is 4.72 Å². The third kappa shape index (κ3) is 3.79. The Hall–Kier alpha value is -2.71. The van der Waals surface area contributed by atoms with E-state index in [2.05, 4.69) is 30.7 Å². The highest BCUT2D eigenvalue weighted by Crippen LogP contribution is 2.26. The maximum atomic E-state index is 13.0. The zero-order valence-corrected chi connectivity index (χ0v) is 17.4. The van der Waals surface area contributed by atoms with Crippen LogP contribution in [0.25, 0.3) is 10.9 Å². The molecule has 0 atom stereocenters. The number of aromatic nitrogens is 3. The van der Waals surface area contributed by atoms with Crippen LogP contribution in [-0.4, -0.2) is 23.2 Å². The van der Waals surface area contributed by atoms with Gasteiger partial charge in [0.15, 0.2) is 5.82 Å². The quantitative estimate of drug-likeness (QED) is 0.484. The Labute approximate surface area is 171 Å². The number of hydrogen-bond donors (Lipinski definition) is 1. The number of nitrogens with zero attached hydrogens (tertiary/aromatic N) is 3. The molecule has 0 saturated carbocycles. The summed E-state index contributed by atoms with van der Waals surface area (Å²) in [6.45, 7) is 2.57. The Kier molecular flexibility index (Phi) is 4.91. The largest absolute Gasteiger partial charge is 0.265 e. The van der Waals surface area contributed by atoms with Gasteiger partial charge < -0.3 is 0 Å². The van der Waals surface area contributed by atoms with Crippen molar-refractivity contribution in [3.63, 3.8) is 0 Å². The lowest BCUT2D eigenvalue weighted by molar-refractivity contribution is 0.601. The maximum absolute atomic E-state index is 13.0. The van der Waals surface area contributed by atoms with Gasteiger partial charge in [-0.2, -0.15) is 5.10 Å². The second kappa shape index (κ2) is 7.37. The second-order valence-corrected chi connectivity index (χ2v) is 8.95. The van der Waals surface area contributed by atoms with Crippen molar-refractivity contribution in [2.24, 2.45) is 0 Å². The molecule has 0 unspecified atom stereocenters. The van der Waals surface area contributed by atoms with Gasteiger partial charge in [0, 0.05) is 17.8 Å². The summed E-state index contributed by atoms with van der Waals surface area (Å²) >= 11 is 3.39. The first kappa shape index (κ1) is 18.6. The molecule has 0 radical (unpaired) electrons. The van der Waals surface area contributed by atoms with E-state index in [9.17, 15) is 8.42 Å². The van der Waals surface area contributed by atoms with Crippen molar-refractivity contribution in [3.8, 4) is 0 Å². The highest BCUT2D eigenvalue weighted by Gasteiger charge is 2.21. The molecule has 0 fully saturated rings. The number of aryl methyl sites for hydroxylation is 1. The van der Waals surface area contributed by atoms with Crippen molar-refractivity contribution in [2.75, 3.05) is 4.72 Å². The molecule has 8 heteroatoms. The summed E-state index contributed by atoms with van der Waals surface area (Å²) in [7, 11) is -3.85. The molecule has 1 N–H and O–H groups in total. The standard InChI is InChI=1S/C20H17BrN4O2S/c1-14-7-9-15(10-8-14)12-25-13-17(21)20(23-25)24-28(26,27)18-6-2-4-16-5-3-11-22-19(16)18/h2-11,13H,12H2,1H3,(H,23,24). The molecule has 0 aliphatic rings. The fourth-order valence-corrected chi connectivity index (χ4v) is 4.65. The van der Waals surface area contributed by atoms with Crippen LogP contribution in [0.4, 0.5) is 5.82 Å². The van der Waals surface area contributed by atoms with E-state index in [1.54, 1.807) is 29.2 Å². The third-order valence-electron chi connectivity index (χ3n) is 4.30. The highest BCUT2D eigenvalue weighted by atomic mass is 79.9. The molecular formula is C20H17BrN4O2S. The normalized spacial score (nSPS) is 11.6. The van der Waals surface area contributed by atoms with Gasteiger partial charge in [-0.1, -0.05) is 48.0 Å². The number of para-hydroxylation sites is 1. The summed E-state index contributed by atoms with van der Waals surface area (Å²) in [4.78, 5) is 4.34. The molecule has 6 nitrogen and oxygen atoms in total. The van der Waals surface area contributed by atoms with Crippen LogP contribution in [0.3, 0.4) is 0 Å². The number of benzene rings is 2. The van der Waals surface area contributed by atoms with Crippen molar-refractivity contribution in [1.29, 1.82) is 0 Å². The van der Waals surface area contributed by atoms with Crippen LogP contribution in [0.1, 0.15) is 11.1 Å². The van der Waals surface area contributed by atoms with Gasteiger partial charge in [0.05, 0.1) is 16.5 Å². The topological polar surface area (TPSA) is 76.9 Å². The number of hydrogen-bond acceptors (Lipinski definition) is 4. The number of pyridine rings is 1. The number of fused-ring (bicyclic) bond motifs is 1. The predicted octanol–water partition coefficient (Wildman–Crippen LogP) is 4.35. The average molecular weight is 457 g/mol. The van der Waals surface area contributed by atoms with Gasteiger partial charge in [-0.3, -0.25) is 14.4 Å². The minimum Gasteiger partial charge on any atom is -0.265 e. The van der Waals surface area contributed by atoms with Crippen LogP contribution in [0, 0.1) is 6.92 Å². The predicted molar refractivity (Wildman–Crippen MR) is 113 cm³/mol. The van der Waals surface area contributed by atoms with Gasteiger partial charge in [0.1, 0.15) is 4.90 Å². The number of anilines is 1. The van der Waals surface area contributed by atoms with E-state index in [-0.39, 0.29) is 10.7 Å². The van der Waals surface area contributed by atoms with Gasteiger partial charge in [-0.25, -0.2) is 8.42 Å². The Morgan fingerprint density at radius 2 is 1.82 bits per heavy atom. The maximum Gasteiger partial charge on any atom is 0.265 e. The van der Waals surface area contributed by atoms with E-state index in [1.165, 1.54) is 11.6 Å². The van der Waals surface area contributed by atoms with Gasteiger partial charge in [0.25, 0.3) is 10.0 Å². The third-order valence-corrected chi connectivity index (χ3v) is 6.25. The lowest BCUT2D eigenvalue weighted by Gasteiger charge is -2.08. The van der Waals surface area contributed by atoms with Crippen molar-refractivity contribution >= 4 is 42.7 Å². The molecule has 0 saturated heterocycles. The molecule has 28 heavy (non-hydrogen) atoms. The lowest BCUT2D eigenvalue weighted by Crippen LogP contribution is -2.15. The summed E-state index contributed by atoms with van der Waals surface area (Å²) in [6, 6.07) is 16.8. The number of rotatable bonds is 5. The van der Waals surface area contributed by atoms with E-state index < -0.39 is 10.0 Å². The van der Waals surface area contributed by atoms with Crippen LogP contribution in [0.5, 0.6) is 0 Å². The van der Waals surface area contributed by atoms with Crippen LogP contribution in [0.15, 0.2) is 76.4 Å². The van der Waals surface area contributed by atoms with Gasteiger partial charge >= 0.3 is 0 Å². The number of halogens is 1. The van der Waals surface area contributed by atoms with Crippen LogP contribution in [-0.2, 0) is 16.6 Å². The van der Waals surface area contributed by atoms with Crippen LogP contribution in [0.2, 0.25) is 0 Å². The summed E-state index contributed by atoms with van der Waals surface area (Å²) in [5.74, 6) is 0.236. The summed E-state index contributed by atoms with van der Waals surface area (Å²) in [5, 5.41) is 5.14. The van der Waals surface area contributed by atoms with Gasteiger partial charge in [-0.05, 0) is 40.5 Å². The minimum atomic E-state index is -3.85. The number of nitrogens with one attached hydrogen (secondary N) is 1. The number of sulfonamides is 1. The molecule has 0 amide bonds. The van der Waals surface area contributed by atoms with Crippen molar-refractivity contribution in [1.82, 2.24) is 14.8 Å². The van der Waals surface area contributed by atoms with E-state index in [4.69, 9.17) is 0 Å². The first-order valence-electron chi connectivity index (χ1n) is 8.57. The zero-order chi connectivity index (χ0) is 19.7. The molecular weight excluding hydrogens is 440 g/mol.